The van der Waals surface area contributed by atoms with Gasteiger partial charge in [-0.1, -0.05) is 18.2 Å². The first-order valence-corrected chi connectivity index (χ1v) is 10.8. The number of carbonyl (C=O) groups excluding carboxylic acids is 1. The molecule has 1 amide bonds. The number of hydrogen-bond donors (Lipinski definition) is 2. The fourth-order valence-corrected chi connectivity index (χ4v) is 3.70. The fraction of sp³-hybridized carbons (Fsp3) is 0.636. The van der Waals surface area contributed by atoms with Crippen LogP contribution < -0.4 is 15.5 Å². The summed E-state index contributed by atoms with van der Waals surface area (Å²) in [6, 6.07) is 9.88. The van der Waals surface area contributed by atoms with E-state index in [0.29, 0.717) is 25.4 Å². The quantitative estimate of drug-likeness (QED) is 0.222. The van der Waals surface area contributed by atoms with Gasteiger partial charge in [-0.25, -0.2) is 0 Å². The summed E-state index contributed by atoms with van der Waals surface area (Å²) in [5, 5.41) is 6.69. The zero-order valence-electron chi connectivity index (χ0n) is 17.8. The van der Waals surface area contributed by atoms with E-state index in [-0.39, 0.29) is 35.9 Å². The molecule has 0 spiro atoms. The van der Waals surface area contributed by atoms with Crippen LogP contribution in [0.15, 0.2) is 35.3 Å². The number of hydrogen-bond acceptors (Lipinski definition) is 4. The van der Waals surface area contributed by atoms with Gasteiger partial charge in [0.05, 0.1) is 6.04 Å². The molecule has 1 aromatic rings. The molecule has 3 rings (SSSR count). The summed E-state index contributed by atoms with van der Waals surface area (Å²) >= 11 is 0. The van der Waals surface area contributed by atoms with E-state index in [2.05, 4.69) is 15.6 Å². The Kier molecular flexibility index (Phi) is 11.5. The maximum atomic E-state index is 12.4. The van der Waals surface area contributed by atoms with Crippen molar-refractivity contribution >= 4 is 41.5 Å². The molecular formula is C22H35IN4O3. The molecule has 8 heteroatoms. The zero-order chi connectivity index (χ0) is 20.3. The molecule has 2 aliphatic rings. The van der Waals surface area contributed by atoms with Crippen molar-refractivity contribution in [3.63, 3.8) is 0 Å². The Balaban J connectivity index is 0.00000320. The summed E-state index contributed by atoms with van der Waals surface area (Å²) in [5.74, 6) is 1.55. The third kappa shape index (κ3) is 8.03. The summed E-state index contributed by atoms with van der Waals surface area (Å²) in [7, 11) is 0. The van der Waals surface area contributed by atoms with Crippen LogP contribution in [0, 0.1) is 5.92 Å². The lowest BCUT2D eigenvalue weighted by Gasteiger charge is -2.21. The van der Waals surface area contributed by atoms with Gasteiger partial charge in [0.1, 0.15) is 0 Å². The SMILES string of the molecule is CCNC(=NCCCOCC1CCOCC1)NC1CC(=O)N(c2ccccc2)C1.I. The minimum Gasteiger partial charge on any atom is -0.381 e. The number of anilines is 1. The molecule has 2 fully saturated rings. The largest absolute Gasteiger partial charge is 0.381 e. The molecule has 2 heterocycles. The highest BCUT2D eigenvalue weighted by molar-refractivity contribution is 14.0. The van der Waals surface area contributed by atoms with Crippen molar-refractivity contribution in [3.05, 3.63) is 30.3 Å². The van der Waals surface area contributed by atoms with Crippen LogP contribution in [-0.4, -0.2) is 64.0 Å². The molecule has 168 valence electrons. The van der Waals surface area contributed by atoms with Crippen molar-refractivity contribution in [1.29, 1.82) is 0 Å². The molecule has 2 aliphatic heterocycles. The standard InChI is InChI=1S/C22H34N4O3.HI/c1-2-23-22(24-11-6-12-29-17-18-9-13-28-14-10-18)25-19-15-21(27)26(16-19)20-7-4-3-5-8-20;/h3-5,7-8,18-19H,2,6,9-17H2,1H3,(H2,23,24,25);1H. The first-order valence-electron chi connectivity index (χ1n) is 10.8. The molecular weight excluding hydrogens is 495 g/mol. The maximum absolute atomic E-state index is 12.4. The molecule has 0 bridgehead atoms. The van der Waals surface area contributed by atoms with Gasteiger partial charge in [0, 0.05) is 58.2 Å². The molecule has 0 aromatic heterocycles. The van der Waals surface area contributed by atoms with E-state index in [1.54, 1.807) is 0 Å². The number of carbonyl (C=O) groups is 1. The molecule has 1 atom stereocenters. The van der Waals surface area contributed by atoms with E-state index < -0.39 is 0 Å². The second kappa shape index (κ2) is 13.8. The number of benzene rings is 1. The average Bonchev–Trinajstić information content (AvgIpc) is 3.12. The van der Waals surface area contributed by atoms with E-state index >= 15 is 0 Å². The fourth-order valence-electron chi connectivity index (χ4n) is 3.70. The summed E-state index contributed by atoms with van der Waals surface area (Å²) in [5.41, 5.74) is 0.949. The molecule has 1 aromatic carbocycles. The third-order valence-electron chi connectivity index (χ3n) is 5.29. The number of para-hydroxylation sites is 1. The van der Waals surface area contributed by atoms with Gasteiger partial charge in [-0.2, -0.15) is 0 Å². The third-order valence-corrected chi connectivity index (χ3v) is 5.29. The van der Waals surface area contributed by atoms with Crippen LogP contribution in [-0.2, 0) is 14.3 Å². The minimum absolute atomic E-state index is 0. The van der Waals surface area contributed by atoms with Crippen LogP contribution in [0.1, 0.15) is 32.6 Å². The average molecular weight is 530 g/mol. The summed E-state index contributed by atoms with van der Waals surface area (Å²) in [6.07, 6.45) is 3.58. The number of rotatable bonds is 9. The first-order chi connectivity index (χ1) is 14.3. The van der Waals surface area contributed by atoms with Crippen molar-refractivity contribution in [2.45, 2.75) is 38.6 Å². The van der Waals surface area contributed by atoms with Gasteiger partial charge < -0.3 is 25.0 Å². The Morgan fingerprint density at radius 1 is 1.27 bits per heavy atom. The van der Waals surface area contributed by atoms with Crippen LogP contribution >= 0.6 is 24.0 Å². The second-order valence-electron chi connectivity index (χ2n) is 7.63. The molecule has 30 heavy (non-hydrogen) atoms. The topological polar surface area (TPSA) is 75.2 Å². The van der Waals surface area contributed by atoms with Gasteiger partial charge in [-0.05, 0) is 44.2 Å². The van der Waals surface area contributed by atoms with Gasteiger partial charge >= 0.3 is 0 Å². The smallest absolute Gasteiger partial charge is 0.229 e. The Morgan fingerprint density at radius 2 is 2.03 bits per heavy atom. The highest BCUT2D eigenvalue weighted by Crippen LogP contribution is 2.21. The molecule has 0 aliphatic carbocycles. The van der Waals surface area contributed by atoms with Crippen LogP contribution in [0.25, 0.3) is 0 Å². The van der Waals surface area contributed by atoms with E-state index in [0.717, 1.165) is 63.9 Å². The van der Waals surface area contributed by atoms with Gasteiger partial charge in [0.15, 0.2) is 5.96 Å². The normalized spacial score (nSPS) is 20.2. The van der Waals surface area contributed by atoms with Crippen molar-refractivity contribution in [3.8, 4) is 0 Å². The Hall–Kier alpha value is -1.39. The minimum atomic E-state index is 0. The van der Waals surface area contributed by atoms with E-state index in [1.807, 2.05) is 42.2 Å². The lowest BCUT2D eigenvalue weighted by molar-refractivity contribution is -0.117. The summed E-state index contributed by atoms with van der Waals surface area (Å²) in [4.78, 5) is 18.9. The number of amides is 1. The van der Waals surface area contributed by atoms with Crippen molar-refractivity contribution in [1.82, 2.24) is 10.6 Å². The van der Waals surface area contributed by atoms with Crippen molar-refractivity contribution in [2.24, 2.45) is 10.9 Å². The van der Waals surface area contributed by atoms with Crippen molar-refractivity contribution < 1.29 is 14.3 Å². The van der Waals surface area contributed by atoms with Crippen molar-refractivity contribution in [2.75, 3.05) is 51.0 Å². The van der Waals surface area contributed by atoms with Crippen LogP contribution in [0.5, 0.6) is 0 Å². The molecule has 7 nitrogen and oxygen atoms in total. The molecule has 2 saturated heterocycles. The number of aliphatic imine (C=N–C) groups is 1. The van der Waals surface area contributed by atoms with Crippen LogP contribution in [0.3, 0.4) is 0 Å². The maximum Gasteiger partial charge on any atom is 0.229 e. The predicted molar refractivity (Wildman–Crippen MR) is 131 cm³/mol. The number of nitrogens with one attached hydrogen (secondary N) is 2. The van der Waals surface area contributed by atoms with Gasteiger partial charge in [0.25, 0.3) is 0 Å². The Morgan fingerprint density at radius 3 is 2.77 bits per heavy atom. The number of ether oxygens (including phenoxy) is 2. The molecule has 0 radical (unpaired) electrons. The van der Waals surface area contributed by atoms with E-state index in [9.17, 15) is 4.79 Å². The summed E-state index contributed by atoms with van der Waals surface area (Å²) in [6.45, 7) is 7.46. The first kappa shape index (κ1) is 24.9. The summed E-state index contributed by atoms with van der Waals surface area (Å²) < 4.78 is 11.2. The molecule has 1 unspecified atom stereocenters. The van der Waals surface area contributed by atoms with Crippen LogP contribution in [0.2, 0.25) is 0 Å². The number of nitrogens with zero attached hydrogens (tertiary/aromatic N) is 2. The number of halogens is 1. The lowest BCUT2D eigenvalue weighted by Crippen LogP contribution is -2.44. The Bertz CT molecular complexity index is 653. The molecule has 0 saturated carbocycles. The highest BCUT2D eigenvalue weighted by atomic mass is 127. The van der Waals surface area contributed by atoms with Gasteiger partial charge in [0.2, 0.25) is 5.91 Å². The Labute approximate surface area is 197 Å². The molecule has 2 N–H and O–H groups in total. The number of guanidine groups is 1. The second-order valence-corrected chi connectivity index (χ2v) is 7.63. The van der Waals surface area contributed by atoms with Gasteiger partial charge in [-0.15, -0.1) is 24.0 Å². The van der Waals surface area contributed by atoms with Crippen LogP contribution in [0.4, 0.5) is 5.69 Å². The van der Waals surface area contributed by atoms with E-state index in [1.165, 1.54) is 0 Å². The lowest BCUT2D eigenvalue weighted by atomic mass is 10.0. The predicted octanol–water partition coefficient (Wildman–Crippen LogP) is 2.80. The van der Waals surface area contributed by atoms with Gasteiger partial charge in [-0.3, -0.25) is 9.79 Å². The monoisotopic (exact) mass is 530 g/mol. The zero-order valence-corrected chi connectivity index (χ0v) is 20.2. The van der Waals surface area contributed by atoms with E-state index in [4.69, 9.17) is 9.47 Å². The highest BCUT2D eigenvalue weighted by Gasteiger charge is 2.31.